The van der Waals surface area contributed by atoms with Crippen LogP contribution in [0.5, 0.6) is 5.75 Å². The van der Waals surface area contributed by atoms with Crippen molar-refractivity contribution in [1.82, 2.24) is 14.9 Å². The molecule has 2 heterocycles. The minimum atomic E-state index is 0.916. The van der Waals surface area contributed by atoms with Gasteiger partial charge in [0.25, 0.3) is 0 Å². The summed E-state index contributed by atoms with van der Waals surface area (Å²) in [6, 6.07) is 16.4. The summed E-state index contributed by atoms with van der Waals surface area (Å²) in [6.07, 6.45) is 2.18. The Morgan fingerprint density at radius 2 is 1.80 bits per heavy atom. The molecule has 25 heavy (non-hydrogen) atoms. The normalized spacial score (nSPS) is 15.6. The van der Waals surface area contributed by atoms with Gasteiger partial charge in [-0.1, -0.05) is 24.3 Å². The molecule has 1 aliphatic heterocycles. The summed E-state index contributed by atoms with van der Waals surface area (Å²) < 4.78 is 5.49. The van der Waals surface area contributed by atoms with Crippen molar-refractivity contribution in [2.45, 2.75) is 0 Å². The molecule has 3 aromatic rings. The Labute approximate surface area is 148 Å². The zero-order chi connectivity index (χ0) is 17.1. The highest BCUT2D eigenvalue weighted by atomic mass is 16.5. The standard InChI is InChI=1S/C20H23N4O/c1-25-19-9-5-4-8-18(19)24-14-12-23(13-15-24)11-10-20-21-16-6-2-3-7-17(16)22-20/h2-10H,11-15H2,1H3,(H,21,22). The van der Waals surface area contributed by atoms with Crippen LogP contribution in [0.3, 0.4) is 0 Å². The van der Waals surface area contributed by atoms with Crippen LogP contribution in [0, 0.1) is 6.42 Å². The molecular weight excluding hydrogens is 312 g/mol. The van der Waals surface area contributed by atoms with Gasteiger partial charge in [-0.2, -0.15) is 0 Å². The predicted octanol–water partition coefficient (Wildman–Crippen LogP) is 2.95. The second-order valence-corrected chi connectivity index (χ2v) is 6.30. The Hall–Kier alpha value is -2.53. The Bertz CT molecular complexity index is 803. The molecule has 1 aliphatic rings. The number of ether oxygens (including phenoxy) is 1. The number of anilines is 1. The maximum atomic E-state index is 5.49. The van der Waals surface area contributed by atoms with Gasteiger partial charge in [-0.05, 0) is 24.3 Å². The minimum absolute atomic E-state index is 0.916. The highest BCUT2D eigenvalue weighted by Gasteiger charge is 2.19. The number of nitrogens with zero attached hydrogens (tertiary/aromatic N) is 3. The molecule has 1 fully saturated rings. The molecule has 0 spiro atoms. The first kappa shape index (κ1) is 16.0. The van der Waals surface area contributed by atoms with Gasteiger partial charge in [-0.25, -0.2) is 4.98 Å². The largest absolute Gasteiger partial charge is 0.495 e. The van der Waals surface area contributed by atoms with E-state index in [1.807, 2.05) is 30.3 Å². The van der Waals surface area contributed by atoms with Crippen LogP contribution < -0.4 is 9.64 Å². The lowest BCUT2D eigenvalue weighted by Gasteiger charge is -2.36. The molecule has 5 nitrogen and oxygen atoms in total. The molecule has 4 rings (SSSR count). The zero-order valence-electron chi connectivity index (χ0n) is 14.5. The van der Waals surface area contributed by atoms with Crippen LogP contribution in [0.4, 0.5) is 5.69 Å². The van der Waals surface area contributed by atoms with Crippen molar-refractivity contribution in [3.05, 3.63) is 60.8 Å². The van der Waals surface area contributed by atoms with E-state index in [4.69, 9.17) is 4.74 Å². The van der Waals surface area contributed by atoms with Gasteiger partial charge < -0.3 is 14.6 Å². The van der Waals surface area contributed by atoms with E-state index in [1.165, 1.54) is 5.69 Å². The van der Waals surface area contributed by atoms with E-state index in [2.05, 4.69) is 44.4 Å². The first-order valence-electron chi connectivity index (χ1n) is 8.72. The summed E-state index contributed by atoms with van der Waals surface area (Å²) in [6.45, 7) is 5.01. The van der Waals surface area contributed by atoms with E-state index in [1.54, 1.807) is 7.11 Å². The van der Waals surface area contributed by atoms with Gasteiger partial charge in [-0.15, -0.1) is 0 Å². The molecular formula is C20H23N4O. The summed E-state index contributed by atoms with van der Waals surface area (Å²) in [5.74, 6) is 1.90. The van der Waals surface area contributed by atoms with E-state index >= 15 is 0 Å². The molecule has 129 valence electrons. The Kier molecular flexibility index (Phi) is 4.57. The lowest BCUT2D eigenvalue weighted by Crippen LogP contribution is -2.46. The Morgan fingerprint density at radius 1 is 1.04 bits per heavy atom. The number of methoxy groups -OCH3 is 1. The number of nitrogens with one attached hydrogen (secondary N) is 1. The van der Waals surface area contributed by atoms with Crippen molar-refractivity contribution in [2.75, 3.05) is 44.7 Å². The maximum Gasteiger partial charge on any atom is 0.142 e. The fraction of sp³-hybridized carbons (Fsp3) is 0.300. The number of rotatable bonds is 5. The number of para-hydroxylation sites is 4. The second-order valence-electron chi connectivity index (χ2n) is 6.30. The van der Waals surface area contributed by atoms with Crippen LogP contribution in [0.1, 0.15) is 5.82 Å². The van der Waals surface area contributed by atoms with E-state index in [0.717, 1.165) is 55.3 Å². The fourth-order valence-electron chi connectivity index (χ4n) is 3.35. The van der Waals surface area contributed by atoms with Gasteiger partial charge in [0.15, 0.2) is 0 Å². The van der Waals surface area contributed by atoms with Crippen molar-refractivity contribution in [3.8, 4) is 5.75 Å². The third kappa shape index (κ3) is 3.46. The molecule has 0 saturated carbocycles. The second kappa shape index (κ2) is 7.15. The number of hydrogen-bond donors (Lipinski definition) is 1. The number of benzene rings is 2. The topological polar surface area (TPSA) is 44.4 Å². The summed E-state index contributed by atoms with van der Waals surface area (Å²) in [5.41, 5.74) is 3.30. The Balaban J connectivity index is 1.33. The van der Waals surface area contributed by atoms with Crippen molar-refractivity contribution in [2.24, 2.45) is 0 Å². The third-order valence-corrected chi connectivity index (χ3v) is 4.75. The number of imidazole rings is 1. The van der Waals surface area contributed by atoms with Crippen LogP contribution in [0.15, 0.2) is 48.5 Å². The lowest BCUT2D eigenvalue weighted by molar-refractivity contribution is 0.276. The van der Waals surface area contributed by atoms with Crippen LogP contribution in [0.25, 0.3) is 11.0 Å². The fourth-order valence-corrected chi connectivity index (χ4v) is 3.35. The van der Waals surface area contributed by atoms with Gasteiger partial charge in [0.2, 0.25) is 0 Å². The number of fused-ring (bicyclic) bond motifs is 1. The SMILES string of the molecule is COc1ccccc1N1CCN(C[CH]c2nc3ccccc3[nH]2)CC1. The van der Waals surface area contributed by atoms with Gasteiger partial charge in [0, 0.05) is 39.1 Å². The van der Waals surface area contributed by atoms with Crippen molar-refractivity contribution in [1.29, 1.82) is 0 Å². The zero-order valence-corrected chi connectivity index (χ0v) is 14.5. The number of hydrogen-bond acceptors (Lipinski definition) is 4. The molecule has 0 amide bonds. The highest BCUT2D eigenvalue weighted by Crippen LogP contribution is 2.28. The van der Waals surface area contributed by atoms with Gasteiger partial charge >= 0.3 is 0 Å². The van der Waals surface area contributed by atoms with Gasteiger partial charge in [-0.3, -0.25) is 4.90 Å². The first-order valence-corrected chi connectivity index (χ1v) is 8.72. The quantitative estimate of drug-likeness (QED) is 0.779. The lowest BCUT2D eigenvalue weighted by atomic mass is 10.2. The Morgan fingerprint density at radius 3 is 2.60 bits per heavy atom. The maximum absolute atomic E-state index is 5.49. The van der Waals surface area contributed by atoms with Crippen LogP contribution >= 0.6 is 0 Å². The smallest absolute Gasteiger partial charge is 0.142 e. The average Bonchev–Trinajstić information content (AvgIpc) is 3.10. The summed E-state index contributed by atoms with van der Waals surface area (Å²) >= 11 is 0. The molecule has 2 aromatic carbocycles. The average molecular weight is 335 g/mol. The van der Waals surface area contributed by atoms with Crippen molar-refractivity contribution < 1.29 is 4.74 Å². The molecule has 0 bridgehead atoms. The summed E-state index contributed by atoms with van der Waals surface area (Å²) in [7, 11) is 1.73. The van der Waals surface area contributed by atoms with Gasteiger partial charge in [0.1, 0.15) is 11.6 Å². The third-order valence-electron chi connectivity index (χ3n) is 4.75. The monoisotopic (exact) mass is 335 g/mol. The number of aromatic nitrogens is 2. The number of H-pyrrole nitrogens is 1. The van der Waals surface area contributed by atoms with Crippen molar-refractivity contribution >= 4 is 16.7 Å². The van der Waals surface area contributed by atoms with Gasteiger partial charge in [0.05, 0.1) is 23.8 Å². The van der Waals surface area contributed by atoms with E-state index in [9.17, 15) is 0 Å². The van der Waals surface area contributed by atoms with Crippen LogP contribution in [0.2, 0.25) is 0 Å². The van der Waals surface area contributed by atoms with E-state index < -0.39 is 0 Å². The van der Waals surface area contributed by atoms with E-state index in [0.29, 0.717) is 0 Å². The minimum Gasteiger partial charge on any atom is -0.495 e. The van der Waals surface area contributed by atoms with Crippen LogP contribution in [-0.4, -0.2) is 54.7 Å². The van der Waals surface area contributed by atoms with E-state index in [-0.39, 0.29) is 0 Å². The predicted molar refractivity (Wildman–Crippen MR) is 101 cm³/mol. The van der Waals surface area contributed by atoms with Crippen LogP contribution in [-0.2, 0) is 0 Å². The number of piperazine rings is 1. The molecule has 1 radical (unpaired) electrons. The number of aromatic amines is 1. The molecule has 1 saturated heterocycles. The van der Waals surface area contributed by atoms with Crippen molar-refractivity contribution in [3.63, 3.8) is 0 Å². The first-order chi connectivity index (χ1) is 12.3. The molecule has 0 aliphatic carbocycles. The highest BCUT2D eigenvalue weighted by molar-refractivity contribution is 5.75. The molecule has 5 heteroatoms. The molecule has 0 atom stereocenters. The molecule has 1 N–H and O–H groups in total. The molecule has 1 aromatic heterocycles. The summed E-state index contributed by atoms with van der Waals surface area (Å²) in [4.78, 5) is 12.8. The molecule has 0 unspecified atom stereocenters. The summed E-state index contributed by atoms with van der Waals surface area (Å²) in [5, 5.41) is 0.